The third-order valence-electron chi connectivity index (χ3n) is 1.47. The summed E-state index contributed by atoms with van der Waals surface area (Å²) in [6.07, 6.45) is 0. The SMILES string of the molecule is O=C(O)c1sc2cc(F)sc2c1F. The summed E-state index contributed by atoms with van der Waals surface area (Å²) >= 11 is 1.37. The molecule has 0 bridgehead atoms. The number of carbonyl (C=O) groups is 1. The smallest absolute Gasteiger partial charge is 0.348 e. The Bertz CT molecular complexity index is 486. The molecule has 0 saturated carbocycles. The van der Waals surface area contributed by atoms with Crippen molar-refractivity contribution in [2.75, 3.05) is 0 Å². The van der Waals surface area contributed by atoms with E-state index >= 15 is 0 Å². The van der Waals surface area contributed by atoms with Crippen LogP contribution in [0.15, 0.2) is 6.07 Å². The fourth-order valence-corrected chi connectivity index (χ4v) is 2.93. The number of aromatic carboxylic acids is 1. The number of hydrogen-bond donors (Lipinski definition) is 1. The molecule has 0 saturated heterocycles. The van der Waals surface area contributed by atoms with Crippen LogP contribution in [0, 0.1) is 10.9 Å². The van der Waals surface area contributed by atoms with Crippen LogP contribution in [-0.2, 0) is 0 Å². The zero-order chi connectivity index (χ0) is 9.59. The first-order valence-electron chi connectivity index (χ1n) is 3.20. The molecule has 0 amide bonds. The van der Waals surface area contributed by atoms with Crippen molar-refractivity contribution < 1.29 is 18.7 Å². The van der Waals surface area contributed by atoms with Gasteiger partial charge in [-0.1, -0.05) is 0 Å². The van der Waals surface area contributed by atoms with Gasteiger partial charge < -0.3 is 5.11 Å². The minimum absolute atomic E-state index is 0.0832. The Balaban J connectivity index is 2.76. The molecule has 2 rings (SSSR count). The Labute approximate surface area is 79.0 Å². The van der Waals surface area contributed by atoms with Gasteiger partial charge in [0.25, 0.3) is 0 Å². The van der Waals surface area contributed by atoms with Gasteiger partial charge in [0.15, 0.2) is 10.9 Å². The van der Waals surface area contributed by atoms with E-state index in [-0.39, 0.29) is 9.58 Å². The molecular weight excluding hydrogens is 218 g/mol. The maximum absolute atomic E-state index is 13.2. The van der Waals surface area contributed by atoms with Crippen molar-refractivity contribution in [1.82, 2.24) is 0 Å². The molecule has 68 valence electrons. The monoisotopic (exact) mass is 220 g/mol. The molecule has 2 heterocycles. The summed E-state index contributed by atoms with van der Waals surface area (Å²) in [7, 11) is 0. The van der Waals surface area contributed by atoms with Gasteiger partial charge in [-0.25, -0.2) is 9.18 Å². The van der Waals surface area contributed by atoms with Crippen LogP contribution in [-0.4, -0.2) is 11.1 Å². The van der Waals surface area contributed by atoms with E-state index in [4.69, 9.17) is 5.11 Å². The lowest BCUT2D eigenvalue weighted by atomic mass is 10.4. The second-order valence-corrected chi connectivity index (χ2v) is 4.35. The van der Waals surface area contributed by atoms with Crippen molar-refractivity contribution in [1.29, 1.82) is 0 Å². The van der Waals surface area contributed by atoms with Gasteiger partial charge in [-0.3, -0.25) is 0 Å². The van der Waals surface area contributed by atoms with Crippen LogP contribution in [0.25, 0.3) is 9.40 Å². The van der Waals surface area contributed by atoms with Crippen molar-refractivity contribution in [2.24, 2.45) is 0 Å². The molecule has 13 heavy (non-hydrogen) atoms. The summed E-state index contributed by atoms with van der Waals surface area (Å²) < 4.78 is 26.2. The van der Waals surface area contributed by atoms with Gasteiger partial charge in [0.2, 0.25) is 0 Å². The summed E-state index contributed by atoms with van der Waals surface area (Å²) in [5.74, 6) is -2.15. The predicted octanol–water partition coefficient (Wildman–Crippen LogP) is 2.94. The topological polar surface area (TPSA) is 37.3 Å². The number of carboxylic acids is 1. The normalized spacial score (nSPS) is 10.9. The number of rotatable bonds is 1. The molecule has 0 aliphatic rings. The fourth-order valence-electron chi connectivity index (χ4n) is 0.970. The van der Waals surface area contributed by atoms with E-state index in [0.29, 0.717) is 16.0 Å². The van der Waals surface area contributed by atoms with Gasteiger partial charge in [0.05, 0.1) is 9.40 Å². The lowest BCUT2D eigenvalue weighted by Crippen LogP contribution is -1.94. The largest absolute Gasteiger partial charge is 0.477 e. The Kier molecular flexibility index (Phi) is 1.81. The quantitative estimate of drug-likeness (QED) is 0.802. The van der Waals surface area contributed by atoms with Crippen molar-refractivity contribution in [3.8, 4) is 0 Å². The minimum Gasteiger partial charge on any atom is -0.477 e. The van der Waals surface area contributed by atoms with Crippen LogP contribution in [0.3, 0.4) is 0 Å². The molecule has 0 spiro atoms. The third kappa shape index (κ3) is 1.22. The molecule has 1 N–H and O–H groups in total. The van der Waals surface area contributed by atoms with Crippen LogP contribution in [0.4, 0.5) is 8.78 Å². The summed E-state index contributed by atoms with van der Waals surface area (Å²) in [6.45, 7) is 0. The van der Waals surface area contributed by atoms with E-state index in [9.17, 15) is 13.6 Å². The van der Waals surface area contributed by atoms with Gasteiger partial charge in [0, 0.05) is 6.07 Å². The zero-order valence-corrected chi connectivity index (χ0v) is 7.64. The number of thiophene rings is 2. The van der Waals surface area contributed by atoms with Gasteiger partial charge >= 0.3 is 5.97 Å². The zero-order valence-electron chi connectivity index (χ0n) is 6.01. The molecular formula is C7H2F2O2S2. The fraction of sp³-hybridized carbons (Fsp3) is 0. The standard InChI is InChI=1S/C7H2F2O2S2/c8-3-1-2-5(13-3)4(9)6(12-2)7(10)11/h1H,(H,10,11). The summed E-state index contributed by atoms with van der Waals surface area (Å²) in [5.41, 5.74) is 0. The van der Waals surface area contributed by atoms with Gasteiger partial charge in [-0.15, -0.1) is 22.7 Å². The number of fused-ring (bicyclic) bond motifs is 1. The number of carboxylic acid groups (broad SMARTS) is 1. The van der Waals surface area contributed by atoms with E-state index < -0.39 is 16.9 Å². The van der Waals surface area contributed by atoms with Crippen molar-refractivity contribution >= 4 is 38.0 Å². The maximum Gasteiger partial charge on any atom is 0.348 e. The molecule has 0 radical (unpaired) electrons. The van der Waals surface area contributed by atoms with Crippen LogP contribution < -0.4 is 0 Å². The minimum atomic E-state index is -1.31. The maximum atomic E-state index is 13.2. The molecule has 0 unspecified atom stereocenters. The van der Waals surface area contributed by atoms with Crippen molar-refractivity contribution in [3.05, 3.63) is 21.9 Å². The van der Waals surface area contributed by atoms with Crippen LogP contribution in [0.5, 0.6) is 0 Å². The highest BCUT2D eigenvalue weighted by Gasteiger charge is 2.19. The third-order valence-corrected chi connectivity index (χ3v) is 3.62. The summed E-state index contributed by atoms with van der Waals surface area (Å²) in [6, 6.07) is 1.14. The number of hydrogen-bond acceptors (Lipinski definition) is 3. The molecule has 2 nitrogen and oxygen atoms in total. The van der Waals surface area contributed by atoms with E-state index in [2.05, 4.69) is 0 Å². The van der Waals surface area contributed by atoms with Crippen molar-refractivity contribution in [3.63, 3.8) is 0 Å². The second-order valence-electron chi connectivity index (χ2n) is 2.29. The Hall–Kier alpha value is -1.01. The average molecular weight is 220 g/mol. The molecule has 0 atom stereocenters. The molecule has 0 aliphatic heterocycles. The molecule has 6 heteroatoms. The molecule has 0 fully saturated rings. The molecule has 0 aliphatic carbocycles. The highest BCUT2D eigenvalue weighted by Crippen LogP contribution is 2.35. The molecule has 2 aromatic heterocycles. The lowest BCUT2D eigenvalue weighted by molar-refractivity contribution is 0.0698. The Morgan fingerprint density at radius 2 is 2.08 bits per heavy atom. The van der Waals surface area contributed by atoms with Gasteiger partial charge in [0.1, 0.15) is 4.88 Å². The second kappa shape index (κ2) is 2.74. The first kappa shape index (κ1) is 8.58. The van der Waals surface area contributed by atoms with E-state index in [1.54, 1.807) is 0 Å². The lowest BCUT2D eigenvalue weighted by Gasteiger charge is -1.85. The molecule has 0 aromatic carbocycles. The molecule has 2 aromatic rings. The predicted molar refractivity (Wildman–Crippen MR) is 46.6 cm³/mol. The first-order valence-corrected chi connectivity index (χ1v) is 4.83. The van der Waals surface area contributed by atoms with Crippen LogP contribution >= 0.6 is 22.7 Å². The summed E-state index contributed by atoms with van der Waals surface area (Å²) in [4.78, 5) is 10.1. The average Bonchev–Trinajstić information content (AvgIpc) is 2.51. The van der Waals surface area contributed by atoms with Crippen molar-refractivity contribution in [2.45, 2.75) is 0 Å². The highest BCUT2D eigenvalue weighted by atomic mass is 32.1. The van der Waals surface area contributed by atoms with E-state index in [1.165, 1.54) is 0 Å². The van der Waals surface area contributed by atoms with Crippen LogP contribution in [0.1, 0.15) is 9.67 Å². The van der Waals surface area contributed by atoms with Gasteiger partial charge in [-0.2, -0.15) is 4.39 Å². The highest BCUT2D eigenvalue weighted by molar-refractivity contribution is 7.28. The van der Waals surface area contributed by atoms with E-state index in [1.807, 2.05) is 0 Å². The summed E-state index contributed by atoms with van der Waals surface area (Å²) in [5, 5.41) is 8.03. The number of halogens is 2. The van der Waals surface area contributed by atoms with Crippen LogP contribution in [0.2, 0.25) is 0 Å². The van der Waals surface area contributed by atoms with Gasteiger partial charge in [-0.05, 0) is 0 Å². The Morgan fingerprint density at radius 1 is 1.38 bits per heavy atom. The van der Waals surface area contributed by atoms with E-state index in [0.717, 1.165) is 17.4 Å². The first-order chi connectivity index (χ1) is 6.09. The Morgan fingerprint density at radius 3 is 2.62 bits per heavy atom.